The molecular weight excluding hydrogens is 248 g/mol. The Morgan fingerprint density at radius 3 is 3.11 bits per heavy atom. The molecule has 1 N–H and O–H groups in total. The van der Waals surface area contributed by atoms with Crippen molar-refractivity contribution in [2.45, 2.75) is 12.8 Å². The van der Waals surface area contributed by atoms with E-state index in [0.29, 0.717) is 25.4 Å². The van der Waals surface area contributed by atoms with Crippen LogP contribution in [0.2, 0.25) is 0 Å². The second-order valence-corrected chi connectivity index (χ2v) is 4.51. The number of aliphatic hydroxyl groups excluding tert-OH is 1. The van der Waals surface area contributed by atoms with E-state index >= 15 is 0 Å². The molecule has 1 aromatic rings. The molecule has 1 aromatic heterocycles. The third kappa shape index (κ3) is 2.63. The van der Waals surface area contributed by atoms with Crippen LogP contribution in [-0.2, 0) is 0 Å². The first kappa shape index (κ1) is 13.2. The normalized spacial score (nSPS) is 18.3. The van der Waals surface area contributed by atoms with Crippen molar-refractivity contribution in [3.05, 3.63) is 27.9 Å². The van der Waals surface area contributed by atoms with Gasteiger partial charge in [-0.15, -0.1) is 0 Å². The highest BCUT2D eigenvalue weighted by atomic mass is 16.6. The van der Waals surface area contributed by atoms with E-state index < -0.39 is 4.92 Å². The number of nitrogens with zero attached hydrogens (tertiary/aromatic N) is 4. The van der Waals surface area contributed by atoms with Gasteiger partial charge in [-0.2, -0.15) is 5.26 Å². The standard InChI is InChI=1S/C12H14N4O3/c13-7-10-1-4-14-12(11(10)16(18)19)15-5-2-9(8-15)3-6-17/h1,4,9,17H,2-3,5-6,8H2. The van der Waals surface area contributed by atoms with Crippen LogP contribution in [0.15, 0.2) is 12.3 Å². The first-order chi connectivity index (χ1) is 9.17. The largest absolute Gasteiger partial charge is 0.396 e. The van der Waals surface area contributed by atoms with Gasteiger partial charge in [0.25, 0.3) is 0 Å². The average molecular weight is 262 g/mol. The summed E-state index contributed by atoms with van der Waals surface area (Å²) in [5.41, 5.74) is -0.199. The van der Waals surface area contributed by atoms with Crippen LogP contribution < -0.4 is 4.90 Å². The van der Waals surface area contributed by atoms with E-state index in [1.165, 1.54) is 12.3 Å². The van der Waals surface area contributed by atoms with Gasteiger partial charge in [0.2, 0.25) is 5.82 Å². The third-order valence-corrected chi connectivity index (χ3v) is 3.33. The lowest BCUT2D eigenvalue weighted by Gasteiger charge is -2.17. The van der Waals surface area contributed by atoms with Gasteiger partial charge in [0.15, 0.2) is 0 Å². The van der Waals surface area contributed by atoms with Crippen LogP contribution in [0.3, 0.4) is 0 Å². The van der Waals surface area contributed by atoms with Crippen molar-refractivity contribution < 1.29 is 10.0 Å². The van der Waals surface area contributed by atoms with Gasteiger partial charge in [-0.3, -0.25) is 10.1 Å². The van der Waals surface area contributed by atoms with E-state index in [0.717, 1.165) is 6.42 Å². The predicted octanol–water partition coefficient (Wildman–Crippen LogP) is 1.07. The number of hydrogen-bond donors (Lipinski definition) is 1. The van der Waals surface area contributed by atoms with Crippen LogP contribution >= 0.6 is 0 Å². The lowest BCUT2D eigenvalue weighted by molar-refractivity contribution is -0.384. The van der Waals surface area contributed by atoms with Gasteiger partial charge in [-0.05, 0) is 24.8 Å². The molecule has 1 unspecified atom stereocenters. The second kappa shape index (κ2) is 5.63. The van der Waals surface area contributed by atoms with Crippen molar-refractivity contribution in [3.8, 4) is 6.07 Å². The van der Waals surface area contributed by atoms with E-state index in [9.17, 15) is 10.1 Å². The molecule has 0 spiro atoms. The number of nitro groups is 1. The Morgan fingerprint density at radius 1 is 1.68 bits per heavy atom. The maximum absolute atomic E-state index is 11.1. The molecule has 1 aliphatic rings. The Balaban J connectivity index is 2.31. The van der Waals surface area contributed by atoms with E-state index in [2.05, 4.69) is 4.98 Å². The molecule has 0 radical (unpaired) electrons. The van der Waals surface area contributed by atoms with Gasteiger partial charge in [0.1, 0.15) is 11.6 Å². The number of hydrogen-bond acceptors (Lipinski definition) is 6. The maximum atomic E-state index is 11.1. The fourth-order valence-corrected chi connectivity index (χ4v) is 2.39. The van der Waals surface area contributed by atoms with E-state index in [-0.39, 0.29) is 23.7 Å². The molecule has 7 nitrogen and oxygen atoms in total. The zero-order valence-corrected chi connectivity index (χ0v) is 10.3. The average Bonchev–Trinajstić information content (AvgIpc) is 2.86. The molecule has 0 saturated carbocycles. The van der Waals surface area contributed by atoms with Crippen molar-refractivity contribution >= 4 is 11.5 Å². The van der Waals surface area contributed by atoms with Crippen molar-refractivity contribution in [1.29, 1.82) is 5.26 Å². The van der Waals surface area contributed by atoms with Gasteiger partial charge >= 0.3 is 5.69 Å². The van der Waals surface area contributed by atoms with Crippen LogP contribution in [0, 0.1) is 27.4 Å². The first-order valence-electron chi connectivity index (χ1n) is 6.06. The summed E-state index contributed by atoms with van der Waals surface area (Å²) in [6.45, 7) is 1.41. The predicted molar refractivity (Wildman–Crippen MR) is 67.6 cm³/mol. The molecule has 0 aliphatic carbocycles. The summed E-state index contributed by atoms with van der Waals surface area (Å²) in [5.74, 6) is 0.571. The Kier molecular flexibility index (Phi) is 3.92. The molecular formula is C12H14N4O3. The summed E-state index contributed by atoms with van der Waals surface area (Å²) >= 11 is 0. The molecule has 0 amide bonds. The number of aromatic nitrogens is 1. The zero-order chi connectivity index (χ0) is 13.8. The van der Waals surface area contributed by atoms with Gasteiger partial charge in [-0.1, -0.05) is 0 Å². The Labute approximate surface area is 110 Å². The lowest BCUT2D eigenvalue weighted by Crippen LogP contribution is -2.22. The minimum atomic E-state index is -0.555. The molecule has 1 atom stereocenters. The van der Waals surface area contributed by atoms with Crippen molar-refractivity contribution in [3.63, 3.8) is 0 Å². The number of rotatable bonds is 4. The van der Waals surface area contributed by atoms with Crippen molar-refractivity contribution in [2.24, 2.45) is 5.92 Å². The Bertz CT molecular complexity index is 526. The zero-order valence-electron chi connectivity index (χ0n) is 10.3. The molecule has 1 aliphatic heterocycles. The second-order valence-electron chi connectivity index (χ2n) is 4.51. The monoisotopic (exact) mass is 262 g/mol. The molecule has 0 aromatic carbocycles. The van der Waals surface area contributed by atoms with Gasteiger partial charge in [0.05, 0.1) is 4.92 Å². The molecule has 19 heavy (non-hydrogen) atoms. The smallest absolute Gasteiger partial charge is 0.329 e. The minimum absolute atomic E-state index is 0.0283. The minimum Gasteiger partial charge on any atom is -0.396 e. The van der Waals surface area contributed by atoms with Crippen molar-refractivity contribution in [1.82, 2.24) is 4.98 Å². The third-order valence-electron chi connectivity index (χ3n) is 3.33. The maximum Gasteiger partial charge on any atom is 0.329 e. The van der Waals surface area contributed by atoms with Crippen LogP contribution in [0.5, 0.6) is 0 Å². The van der Waals surface area contributed by atoms with Gasteiger partial charge in [0, 0.05) is 25.9 Å². The fraction of sp³-hybridized carbons (Fsp3) is 0.500. The summed E-state index contributed by atoms with van der Waals surface area (Å²) in [6.07, 6.45) is 2.97. The molecule has 1 saturated heterocycles. The highest BCUT2D eigenvalue weighted by molar-refractivity contribution is 5.65. The highest BCUT2D eigenvalue weighted by Crippen LogP contribution is 2.33. The Morgan fingerprint density at radius 2 is 2.47 bits per heavy atom. The number of nitriles is 1. The lowest BCUT2D eigenvalue weighted by atomic mass is 10.1. The van der Waals surface area contributed by atoms with Gasteiger partial charge < -0.3 is 10.0 Å². The molecule has 7 heteroatoms. The highest BCUT2D eigenvalue weighted by Gasteiger charge is 2.30. The molecule has 1 fully saturated rings. The van der Waals surface area contributed by atoms with Crippen LogP contribution in [0.25, 0.3) is 0 Å². The number of pyridine rings is 1. The van der Waals surface area contributed by atoms with E-state index in [1.807, 2.05) is 11.0 Å². The summed E-state index contributed by atoms with van der Waals surface area (Å²) in [4.78, 5) is 16.4. The summed E-state index contributed by atoms with van der Waals surface area (Å²) in [6, 6.07) is 3.18. The van der Waals surface area contributed by atoms with Crippen LogP contribution in [0.1, 0.15) is 18.4 Å². The molecule has 2 rings (SSSR count). The first-order valence-corrected chi connectivity index (χ1v) is 6.06. The molecule has 0 bridgehead atoms. The summed E-state index contributed by atoms with van der Waals surface area (Å²) < 4.78 is 0. The van der Waals surface area contributed by atoms with Crippen LogP contribution in [-0.4, -0.2) is 34.7 Å². The van der Waals surface area contributed by atoms with E-state index in [4.69, 9.17) is 10.4 Å². The quantitative estimate of drug-likeness (QED) is 0.643. The molecule has 100 valence electrons. The number of anilines is 1. The molecule has 2 heterocycles. The van der Waals surface area contributed by atoms with Gasteiger partial charge in [-0.25, -0.2) is 4.98 Å². The van der Waals surface area contributed by atoms with Crippen LogP contribution in [0.4, 0.5) is 11.5 Å². The summed E-state index contributed by atoms with van der Waals surface area (Å²) in [5, 5.41) is 29.0. The number of aliphatic hydroxyl groups is 1. The van der Waals surface area contributed by atoms with E-state index in [1.54, 1.807) is 0 Å². The Hall–Kier alpha value is -2.20. The summed E-state index contributed by atoms with van der Waals surface area (Å²) in [7, 11) is 0. The SMILES string of the molecule is N#Cc1ccnc(N2CCC(CCO)C2)c1[N+](=O)[O-]. The topological polar surface area (TPSA) is 103 Å². The fourth-order valence-electron chi connectivity index (χ4n) is 2.39. The van der Waals surface area contributed by atoms with Crippen molar-refractivity contribution in [2.75, 3.05) is 24.6 Å².